The van der Waals surface area contributed by atoms with Crippen LogP contribution >= 0.6 is 0 Å². The molecule has 6 heteroatoms. The van der Waals surface area contributed by atoms with E-state index in [1.165, 1.54) is 6.07 Å². The van der Waals surface area contributed by atoms with E-state index >= 15 is 0 Å². The van der Waals surface area contributed by atoms with Crippen molar-refractivity contribution in [2.45, 2.75) is 19.6 Å². The molecule has 1 aromatic rings. The molecule has 0 saturated carbocycles. The highest BCUT2D eigenvalue weighted by molar-refractivity contribution is 5.49. The Balaban J connectivity index is 2.00. The summed E-state index contributed by atoms with van der Waals surface area (Å²) in [6.45, 7) is 7.62. The Labute approximate surface area is 117 Å². The second-order valence-electron chi connectivity index (χ2n) is 5.12. The zero-order valence-corrected chi connectivity index (χ0v) is 11.6. The molecule has 2 rings (SSSR count). The minimum absolute atomic E-state index is 0.220. The molecule has 20 heavy (non-hydrogen) atoms. The van der Waals surface area contributed by atoms with E-state index in [1.807, 2.05) is 0 Å². The van der Waals surface area contributed by atoms with Gasteiger partial charge in [-0.1, -0.05) is 13.0 Å². The summed E-state index contributed by atoms with van der Waals surface area (Å²) in [6.07, 6.45) is -4.33. The van der Waals surface area contributed by atoms with E-state index in [1.54, 1.807) is 0 Å². The fraction of sp³-hybridized carbons (Fsp3) is 0.571. The van der Waals surface area contributed by atoms with Gasteiger partial charge in [-0.05, 0) is 24.2 Å². The molecule has 2 N–H and O–H groups in total. The molecule has 0 bridgehead atoms. The Hall–Kier alpha value is -1.27. The van der Waals surface area contributed by atoms with Gasteiger partial charge in [0.15, 0.2) is 0 Å². The van der Waals surface area contributed by atoms with Crippen molar-refractivity contribution in [3.8, 4) is 0 Å². The van der Waals surface area contributed by atoms with E-state index in [-0.39, 0.29) is 5.69 Å². The molecule has 0 amide bonds. The number of hydrogen-bond acceptors (Lipinski definition) is 3. The van der Waals surface area contributed by atoms with Crippen molar-refractivity contribution >= 4 is 5.69 Å². The van der Waals surface area contributed by atoms with Crippen LogP contribution in [0.1, 0.15) is 18.1 Å². The minimum atomic E-state index is -4.33. The average molecular weight is 287 g/mol. The smallest absolute Gasteiger partial charge is 0.398 e. The van der Waals surface area contributed by atoms with Gasteiger partial charge in [-0.15, -0.1) is 0 Å². The SMILES string of the molecule is CCN1CCN(Cc2ccc(C(F)(F)F)cc2N)CC1. The van der Waals surface area contributed by atoms with E-state index < -0.39 is 11.7 Å². The van der Waals surface area contributed by atoms with Gasteiger partial charge >= 0.3 is 6.18 Å². The lowest BCUT2D eigenvalue weighted by Crippen LogP contribution is -2.45. The maximum atomic E-state index is 12.6. The predicted molar refractivity (Wildman–Crippen MR) is 73.2 cm³/mol. The first kappa shape index (κ1) is 15.1. The number of benzene rings is 1. The topological polar surface area (TPSA) is 32.5 Å². The second-order valence-corrected chi connectivity index (χ2v) is 5.12. The van der Waals surface area contributed by atoms with E-state index in [4.69, 9.17) is 5.73 Å². The number of nitrogens with two attached hydrogens (primary N) is 1. The number of likely N-dealkylation sites (N-methyl/N-ethyl adjacent to an activating group) is 1. The molecule has 0 aliphatic carbocycles. The summed E-state index contributed by atoms with van der Waals surface area (Å²) in [5.74, 6) is 0. The van der Waals surface area contributed by atoms with Crippen molar-refractivity contribution in [1.29, 1.82) is 0 Å². The van der Waals surface area contributed by atoms with Gasteiger partial charge in [-0.2, -0.15) is 13.2 Å². The van der Waals surface area contributed by atoms with Crippen LogP contribution in [0.5, 0.6) is 0 Å². The number of nitrogen functional groups attached to an aromatic ring is 1. The minimum Gasteiger partial charge on any atom is -0.398 e. The zero-order valence-electron chi connectivity index (χ0n) is 11.6. The Kier molecular flexibility index (Phi) is 4.55. The summed E-state index contributed by atoms with van der Waals surface area (Å²) in [4.78, 5) is 4.58. The van der Waals surface area contributed by atoms with E-state index in [0.717, 1.165) is 50.4 Å². The van der Waals surface area contributed by atoms with Crippen molar-refractivity contribution in [1.82, 2.24) is 9.80 Å². The van der Waals surface area contributed by atoms with Gasteiger partial charge in [0.2, 0.25) is 0 Å². The van der Waals surface area contributed by atoms with Crippen LogP contribution in [0.25, 0.3) is 0 Å². The van der Waals surface area contributed by atoms with Crippen LogP contribution in [0.15, 0.2) is 18.2 Å². The first-order valence-electron chi connectivity index (χ1n) is 6.80. The van der Waals surface area contributed by atoms with E-state index in [0.29, 0.717) is 6.54 Å². The molecule has 112 valence electrons. The highest BCUT2D eigenvalue weighted by Gasteiger charge is 2.30. The zero-order chi connectivity index (χ0) is 14.8. The summed E-state index contributed by atoms with van der Waals surface area (Å²) in [5.41, 5.74) is 6.05. The molecular formula is C14H20F3N3. The third kappa shape index (κ3) is 3.64. The Morgan fingerprint density at radius 1 is 1.10 bits per heavy atom. The predicted octanol–water partition coefficient (Wildman–Crippen LogP) is 2.43. The molecule has 0 unspecified atom stereocenters. The summed E-state index contributed by atoms with van der Waals surface area (Å²) < 4.78 is 37.7. The van der Waals surface area contributed by atoms with Crippen molar-refractivity contribution in [3.05, 3.63) is 29.3 Å². The molecular weight excluding hydrogens is 267 g/mol. The summed E-state index contributed by atoms with van der Waals surface area (Å²) >= 11 is 0. The largest absolute Gasteiger partial charge is 0.416 e. The van der Waals surface area contributed by atoms with Crippen LogP contribution in [0.3, 0.4) is 0 Å². The number of halogens is 3. The van der Waals surface area contributed by atoms with Gasteiger partial charge < -0.3 is 10.6 Å². The summed E-state index contributed by atoms with van der Waals surface area (Å²) in [7, 11) is 0. The number of alkyl halides is 3. The summed E-state index contributed by atoms with van der Waals surface area (Å²) in [5, 5.41) is 0. The third-order valence-corrected chi connectivity index (χ3v) is 3.78. The molecule has 0 radical (unpaired) electrons. The Bertz CT molecular complexity index is 451. The normalized spacial score (nSPS) is 18.4. The van der Waals surface area contributed by atoms with Crippen LogP contribution in [0.4, 0.5) is 18.9 Å². The lowest BCUT2D eigenvalue weighted by atomic mass is 10.1. The molecule has 3 nitrogen and oxygen atoms in total. The van der Waals surface area contributed by atoms with Crippen molar-refractivity contribution in [2.75, 3.05) is 38.5 Å². The van der Waals surface area contributed by atoms with Crippen molar-refractivity contribution < 1.29 is 13.2 Å². The van der Waals surface area contributed by atoms with Crippen LogP contribution in [0.2, 0.25) is 0 Å². The Morgan fingerprint density at radius 2 is 1.70 bits per heavy atom. The fourth-order valence-corrected chi connectivity index (χ4v) is 2.42. The number of anilines is 1. The van der Waals surface area contributed by atoms with Crippen molar-refractivity contribution in [3.63, 3.8) is 0 Å². The second kappa shape index (κ2) is 6.01. The molecule has 1 fully saturated rings. The molecule has 1 heterocycles. The van der Waals surface area contributed by atoms with Crippen LogP contribution in [-0.4, -0.2) is 42.5 Å². The highest BCUT2D eigenvalue weighted by atomic mass is 19.4. The fourth-order valence-electron chi connectivity index (χ4n) is 2.42. The first-order chi connectivity index (χ1) is 9.40. The number of piperazine rings is 1. The van der Waals surface area contributed by atoms with Gasteiger partial charge in [0.25, 0.3) is 0 Å². The van der Waals surface area contributed by atoms with E-state index in [2.05, 4.69) is 16.7 Å². The van der Waals surface area contributed by atoms with Gasteiger partial charge in [-0.3, -0.25) is 4.90 Å². The first-order valence-corrected chi connectivity index (χ1v) is 6.80. The van der Waals surface area contributed by atoms with Gasteiger partial charge in [0.05, 0.1) is 5.56 Å². The molecule has 0 atom stereocenters. The lowest BCUT2D eigenvalue weighted by Gasteiger charge is -2.34. The number of hydrogen-bond donors (Lipinski definition) is 1. The molecule has 1 aliphatic rings. The summed E-state index contributed by atoms with van der Waals surface area (Å²) in [6, 6.07) is 3.62. The molecule has 0 aromatic heterocycles. The van der Waals surface area contributed by atoms with Gasteiger partial charge in [0, 0.05) is 38.4 Å². The van der Waals surface area contributed by atoms with Crippen LogP contribution in [-0.2, 0) is 12.7 Å². The van der Waals surface area contributed by atoms with Gasteiger partial charge in [-0.25, -0.2) is 0 Å². The quantitative estimate of drug-likeness (QED) is 0.867. The highest BCUT2D eigenvalue weighted by Crippen LogP contribution is 2.31. The number of nitrogens with zero attached hydrogens (tertiary/aromatic N) is 2. The maximum absolute atomic E-state index is 12.6. The average Bonchev–Trinajstić information content (AvgIpc) is 2.41. The molecule has 1 saturated heterocycles. The molecule has 0 spiro atoms. The standard InChI is InChI=1S/C14H20F3N3/c1-2-19-5-7-20(8-6-19)10-11-3-4-12(9-13(11)18)14(15,16)17/h3-4,9H,2,5-8,10,18H2,1H3. The van der Waals surface area contributed by atoms with Crippen LogP contribution in [0, 0.1) is 0 Å². The van der Waals surface area contributed by atoms with Gasteiger partial charge in [0.1, 0.15) is 0 Å². The third-order valence-electron chi connectivity index (χ3n) is 3.78. The molecule has 1 aromatic carbocycles. The van der Waals surface area contributed by atoms with Crippen LogP contribution < -0.4 is 5.73 Å². The van der Waals surface area contributed by atoms with Crippen molar-refractivity contribution in [2.24, 2.45) is 0 Å². The monoisotopic (exact) mass is 287 g/mol. The molecule has 1 aliphatic heterocycles. The van der Waals surface area contributed by atoms with E-state index in [9.17, 15) is 13.2 Å². The maximum Gasteiger partial charge on any atom is 0.416 e. The Morgan fingerprint density at radius 3 is 2.20 bits per heavy atom. The number of rotatable bonds is 3. The lowest BCUT2D eigenvalue weighted by molar-refractivity contribution is -0.137.